The number of phenolic OH excluding ortho intramolecular Hbond substituents is 2. The first-order valence-corrected chi connectivity index (χ1v) is 20.1. The number of para-hydroxylation sites is 1. The summed E-state index contributed by atoms with van der Waals surface area (Å²) in [5, 5.41) is 31.0. The lowest BCUT2D eigenvalue weighted by Crippen LogP contribution is -2.38. The van der Waals surface area contributed by atoms with Crippen LogP contribution in [0.3, 0.4) is 0 Å². The largest absolute Gasteiger partial charge is 0.508 e. The number of phenols is 2. The number of nitrogens with one attached hydrogen (secondary N) is 1. The molecule has 0 radical (unpaired) electrons. The number of carbonyl (C=O) groups is 1. The number of ether oxygens (including phenoxy) is 2. The Morgan fingerprint density at radius 2 is 1.78 bits per heavy atom. The maximum absolute atomic E-state index is 13.3. The fourth-order valence-corrected chi connectivity index (χ4v) is 8.75. The van der Waals surface area contributed by atoms with Gasteiger partial charge in [-0.1, -0.05) is 32.0 Å². The van der Waals surface area contributed by atoms with Gasteiger partial charge >= 0.3 is 11.7 Å². The Balaban J connectivity index is 0.766. The standard InChI is InChI=1S/C46H43N7O6/c1-27(2)34-19-36(41(55)21-40(34)54)45-48-49-46(57)53(45)33-7-8-38-30(18-33)12-16-51(38)15-11-28-9-13-50(14-10-28)24-43(56)59-42-26-58-25-32-23-52-22-31-17-29-5-3-4-6-37(29)47-44(31)39(52)20-35(32)42/h3-8,12,16-23,26-28,54-55H,9-11,13-15,24-25H2,1-2H3,(H,49,57). The maximum Gasteiger partial charge on any atom is 0.348 e. The van der Waals surface area contributed by atoms with Crippen LogP contribution in [-0.4, -0.2) is 69.4 Å². The zero-order valence-corrected chi connectivity index (χ0v) is 32.8. The molecule has 3 N–H and O–H groups in total. The molecule has 0 spiro atoms. The van der Waals surface area contributed by atoms with Gasteiger partial charge in [-0.3, -0.25) is 9.69 Å². The molecule has 0 atom stereocenters. The van der Waals surface area contributed by atoms with Crippen LogP contribution in [0.5, 0.6) is 11.5 Å². The normalized spacial score (nSPS) is 15.0. The summed E-state index contributed by atoms with van der Waals surface area (Å²) in [5.41, 5.74) is 6.81. The molecule has 5 aromatic heterocycles. The summed E-state index contributed by atoms with van der Waals surface area (Å²) < 4.78 is 17.4. The summed E-state index contributed by atoms with van der Waals surface area (Å²) in [4.78, 5) is 33.4. The van der Waals surface area contributed by atoms with Crippen molar-refractivity contribution < 1.29 is 24.5 Å². The van der Waals surface area contributed by atoms with Crippen LogP contribution < -0.4 is 5.69 Å². The van der Waals surface area contributed by atoms with Crippen molar-refractivity contribution in [1.82, 2.24) is 33.6 Å². The van der Waals surface area contributed by atoms with Crippen LogP contribution in [0.4, 0.5) is 0 Å². The molecule has 0 aliphatic carbocycles. The third-order valence-electron chi connectivity index (χ3n) is 11.9. The van der Waals surface area contributed by atoms with E-state index in [-0.39, 0.29) is 35.8 Å². The molecule has 0 bridgehead atoms. The third kappa shape index (κ3) is 6.66. The van der Waals surface area contributed by atoms with Gasteiger partial charge in [-0.15, -0.1) is 0 Å². The number of aromatic nitrogens is 6. The molecule has 10 rings (SSSR count). The number of H-pyrrole nitrogens is 1. The number of aromatic hydroxyl groups is 2. The number of hydrogen-bond donors (Lipinski definition) is 3. The van der Waals surface area contributed by atoms with Gasteiger partial charge in [0, 0.05) is 64.0 Å². The van der Waals surface area contributed by atoms with E-state index in [1.54, 1.807) is 12.3 Å². The van der Waals surface area contributed by atoms with Gasteiger partial charge in [0.2, 0.25) is 0 Å². The van der Waals surface area contributed by atoms with E-state index in [4.69, 9.17) is 14.5 Å². The summed E-state index contributed by atoms with van der Waals surface area (Å²) in [6.07, 6.45) is 10.7. The average molecular weight is 790 g/mol. The lowest BCUT2D eigenvalue weighted by molar-refractivity contribution is -0.138. The van der Waals surface area contributed by atoms with Gasteiger partial charge in [0.15, 0.2) is 11.6 Å². The average Bonchev–Trinajstić information content (AvgIpc) is 3.92. The second-order valence-corrected chi connectivity index (χ2v) is 16.1. The van der Waals surface area contributed by atoms with Crippen LogP contribution in [0.2, 0.25) is 0 Å². The Morgan fingerprint density at radius 3 is 2.63 bits per heavy atom. The predicted octanol–water partition coefficient (Wildman–Crippen LogP) is 7.85. The number of carbonyl (C=O) groups excluding carboxylic acids is 1. The van der Waals surface area contributed by atoms with Crippen molar-refractivity contribution in [1.29, 1.82) is 0 Å². The molecule has 0 amide bonds. The van der Waals surface area contributed by atoms with Gasteiger partial charge in [-0.2, -0.15) is 5.10 Å². The van der Waals surface area contributed by atoms with Crippen LogP contribution in [0.25, 0.3) is 61.1 Å². The highest BCUT2D eigenvalue weighted by Crippen LogP contribution is 2.38. The van der Waals surface area contributed by atoms with Crippen molar-refractivity contribution in [2.24, 2.45) is 5.92 Å². The van der Waals surface area contributed by atoms with Crippen LogP contribution >= 0.6 is 0 Å². The zero-order valence-electron chi connectivity index (χ0n) is 32.8. The first kappa shape index (κ1) is 36.5. The maximum atomic E-state index is 13.3. The number of piperidine rings is 1. The van der Waals surface area contributed by atoms with Gasteiger partial charge in [0.25, 0.3) is 0 Å². The van der Waals surface area contributed by atoms with E-state index in [0.717, 1.165) is 88.2 Å². The van der Waals surface area contributed by atoms with Gasteiger partial charge < -0.3 is 28.7 Å². The molecule has 3 aromatic carbocycles. The molecule has 298 valence electrons. The number of esters is 1. The Kier molecular flexibility index (Phi) is 8.97. The predicted molar refractivity (Wildman–Crippen MR) is 225 cm³/mol. The molecule has 2 aliphatic heterocycles. The number of rotatable bonds is 9. The number of aryl methyl sites for hydroxylation is 1. The van der Waals surface area contributed by atoms with Crippen LogP contribution in [0.1, 0.15) is 55.7 Å². The Hall–Kier alpha value is -6.86. The van der Waals surface area contributed by atoms with Crippen molar-refractivity contribution in [2.75, 3.05) is 19.6 Å². The minimum atomic E-state index is -0.429. The molecular formula is C46H43N7O6. The number of aromatic amines is 1. The number of nitrogens with zero attached hydrogens (tertiary/aromatic N) is 6. The summed E-state index contributed by atoms with van der Waals surface area (Å²) in [6.45, 7) is 6.97. The minimum Gasteiger partial charge on any atom is -0.508 e. The highest BCUT2D eigenvalue weighted by atomic mass is 16.6. The van der Waals surface area contributed by atoms with Crippen molar-refractivity contribution in [3.05, 3.63) is 125 Å². The molecule has 1 saturated heterocycles. The summed E-state index contributed by atoms with van der Waals surface area (Å²) in [5.74, 6) is 0.727. The summed E-state index contributed by atoms with van der Waals surface area (Å²) >= 11 is 0. The van der Waals surface area contributed by atoms with Gasteiger partial charge in [0.05, 0.1) is 34.3 Å². The van der Waals surface area contributed by atoms with Crippen molar-refractivity contribution >= 4 is 50.0 Å². The van der Waals surface area contributed by atoms with E-state index in [2.05, 4.69) is 48.6 Å². The van der Waals surface area contributed by atoms with E-state index >= 15 is 0 Å². The molecular weight excluding hydrogens is 747 g/mol. The summed E-state index contributed by atoms with van der Waals surface area (Å²) in [7, 11) is 0. The monoisotopic (exact) mass is 789 g/mol. The molecule has 59 heavy (non-hydrogen) atoms. The Morgan fingerprint density at radius 1 is 0.932 bits per heavy atom. The topological polar surface area (TPSA) is 152 Å². The van der Waals surface area contributed by atoms with Crippen LogP contribution in [0.15, 0.2) is 102 Å². The fourth-order valence-electron chi connectivity index (χ4n) is 8.75. The van der Waals surface area contributed by atoms with E-state index in [0.29, 0.717) is 35.1 Å². The molecule has 13 nitrogen and oxygen atoms in total. The molecule has 2 aliphatic rings. The molecule has 7 heterocycles. The van der Waals surface area contributed by atoms with Crippen LogP contribution in [-0.2, 0) is 27.4 Å². The highest BCUT2D eigenvalue weighted by molar-refractivity contribution is 6.01. The first-order valence-electron chi connectivity index (χ1n) is 20.1. The Bertz CT molecular complexity index is 3030. The lowest BCUT2D eigenvalue weighted by Gasteiger charge is -2.31. The quantitative estimate of drug-likeness (QED) is 0.124. The second-order valence-electron chi connectivity index (χ2n) is 16.1. The second kappa shape index (κ2) is 14.5. The van der Waals surface area contributed by atoms with E-state index in [9.17, 15) is 19.8 Å². The van der Waals surface area contributed by atoms with E-state index < -0.39 is 5.69 Å². The third-order valence-corrected chi connectivity index (χ3v) is 11.9. The van der Waals surface area contributed by atoms with E-state index in [1.807, 2.05) is 68.6 Å². The molecule has 8 aromatic rings. The summed E-state index contributed by atoms with van der Waals surface area (Å²) in [6, 6.07) is 23.1. The number of pyridine rings is 2. The molecule has 0 saturated carbocycles. The molecule has 13 heteroatoms. The number of hydrogen-bond acceptors (Lipinski definition) is 9. The van der Waals surface area contributed by atoms with Gasteiger partial charge in [-0.05, 0) is 98.3 Å². The Labute approximate surface area is 338 Å². The highest BCUT2D eigenvalue weighted by Gasteiger charge is 2.25. The van der Waals surface area contributed by atoms with Gasteiger partial charge in [-0.25, -0.2) is 19.4 Å². The number of fused-ring (bicyclic) bond motifs is 6. The number of likely N-dealkylation sites (tertiary alicyclic amines) is 1. The molecule has 0 unspecified atom stereocenters. The van der Waals surface area contributed by atoms with E-state index in [1.165, 1.54) is 10.6 Å². The van der Waals surface area contributed by atoms with Crippen molar-refractivity contribution in [2.45, 2.75) is 52.2 Å². The zero-order chi connectivity index (χ0) is 40.4. The van der Waals surface area contributed by atoms with Crippen LogP contribution in [0, 0.1) is 5.92 Å². The minimum absolute atomic E-state index is 0.000516. The molecule has 1 fully saturated rings. The smallest absolute Gasteiger partial charge is 0.348 e. The number of benzene rings is 3. The fraction of sp³-hybridized carbons (Fsp3) is 0.261. The lowest BCUT2D eigenvalue weighted by atomic mass is 9.93. The van der Waals surface area contributed by atoms with Crippen molar-refractivity contribution in [3.63, 3.8) is 0 Å². The van der Waals surface area contributed by atoms with Gasteiger partial charge in [0.1, 0.15) is 24.4 Å². The SMILES string of the molecule is CC(C)c1cc(-c2n[nH]c(=O)n2-c2ccc3c(ccn3CCC3CCN(CC(=O)OC4=COCc5cn6cc7cc8ccccc8nc7c6cc54)CC3)c2)c(O)cc1O. The first-order chi connectivity index (χ1) is 28.7. The van der Waals surface area contributed by atoms with Crippen molar-refractivity contribution in [3.8, 4) is 28.6 Å².